The van der Waals surface area contributed by atoms with Gasteiger partial charge in [0, 0.05) is 5.54 Å². The molecular formula is C15H21NO4. The van der Waals surface area contributed by atoms with E-state index in [4.69, 9.17) is 4.74 Å². The molecule has 1 aromatic rings. The molecule has 5 nitrogen and oxygen atoms in total. The quantitative estimate of drug-likeness (QED) is 0.745. The minimum Gasteiger partial charge on any atom is -0.481 e. The fourth-order valence-electron chi connectivity index (χ4n) is 1.79. The van der Waals surface area contributed by atoms with E-state index in [-0.39, 0.29) is 13.0 Å². The normalized spacial score (nSPS) is 12.8. The van der Waals surface area contributed by atoms with Crippen LogP contribution in [0.3, 0.4) is 0 Å². The van der Waals surface area contributed by atoms with Crippen LogP contribution in [0.1, 0.15) is 25.8 Å². The number of carboxylic acids is 1. The van der Waals surface area contributed by atoms with Crippen LogP contribution in [0.15, 0.2) is 30.3 Å². The molecule has 0 radical (unpaired) electrons. The highest BCUT2D eigenvalue weighted by Gasteiger charge is 2.36. The summed E-state index contributed by atoms with van der Waals surface area (Å²) < 4.78 is 5.12. The zero-order valence-corrected chi connectivity index (χ0v) is 12.1. The molecule has 0 aliphatic rings. The molecule has 0 saturated carbocycles. The van der Waals surface area contributed by atoms with Gasteiger partial charge in [-0.2, -0.15) is 0 Å². The number of benzene rings is 1. The first-order chi connectivity index (χ1) is 9.36. The Morgan fingerprint density at radius 2 is 1.90 bits per heavy atom. The second-order valence-corrected chi connectivity index (χ2v) is 5.21. The highest BCUT2D eigenvalue weighted by atomic mass is 16.5. The van der Waals surface area contributed by atoms with Crippen molar-refractivity contribution in [2.45, 2.75) is 32.4 Å². The van der Waals surface area contributed by atoms with Gasteiger partial charge >= 0.3 is 11.9 Å². The predicted octanol–water partition coefficient (Wildman–Crippen LogP) is 1.82. The molecule has 0 aliphatic heterocycles. The Morgan fingerprint density at radius 1 is 1.30 bits per heavy atom. The molecular weight excluding hydrogens is 258 g/mol. The van der Waals surface area contributed by atoms with Crippen molar-refractivity contribution in [3.05, 3.63) is 35.9 Å². The monoisotopic (exact) mass is 279 g/mol. The van der Waals surface area contributed by atoms with E-state index in [1.807, 2.05) is 30.3 Å². The van der Waals surface area contributed by atoms with Crippen LogP contribution in [-0.4, -0.2) is 29.6 Å². The molecule has 0 saturated heterocycles. The Kier molecular flexibility index (Phi) is 5.70. The minimum atomic E-state index is -1.01. The molecule has 2 N–H and O–H groups in total. The van der Waals surface area contributed by atoms with E-state index in [1.54, 1.807) is 20.9 Å². The maximum atomic E-state index is 11.8. The van der Waals surface area contributed by atoms with Crippen molar-refractivity contribution >= 4 is 11.9 Å². The van der Waals surface area contributed by atoms with Gasteiger partial charge in [-0.25, -0.2) is 0 Å². The number of carbonyl (C=O) groups excluding carboxylic acids is 1. The van der Waals surface area contributed by atoms with Crippen LogP contribution in [0.25, 0.3) is 0 Å². The lowest BCUT2D eigenvalue weighted by atomic mass is 9.85. The Bertz CT molecular complexity index is 456. The molecule has 0 bridgehead atoms. The maximum absolute atomic E-state index is 11.8. The van der Waals surface area contributed by atoms with Gasteiger partial charge in [0.05, 0.1) is 12.3 Å². The average molecular weight is 279 g/mol. The molecule has 1 aromatic carbocycles. The third-order valence-corrected chi connectivity index (χ3v) is 3.43. The van der Waals surface area contributed by atoms with Crippen LogP contribution in [0.2, 0.25) is 0 Å². The Hall–Kier alpha value is -1.88. The van der Waals surface area contributed by atoms with E-state index < -0.39 is 23.4 Å². The lowest BCUT2D eigenvalue weighted by Gasteiger charge is -2.30. The summed E-state index contributed by atoms with van der Waals surface area (Å²) in [5.41, 5.74) is 0.193. The zero-order chi connectivity index (χ0) is 15.2. The van der Waals surface area contributed by atoms with Crippen molar-refractivity contribution in [1.29, 1.82) is 0 Å². The first kappa shape index (κ1) is 16.2. The number of hydrogen-bond donors (Lipinski definition) is 2. The van der Waals surface area contributed by atoms with E-state index in [9.17, 15) is 14.7 Å². The summed E-state index contributed by atoms with van der Waals surface area (Å²) >= 11 is 0. The summed E-state index contributed by atoms with van der Waals surface area (Å²) in [7, 11) is 1.67. The fraction of sp³-hybridized carbons (Fsp3) is 0.467. The van der Waals surface area contributed by atoms with Gasteiger partial charge in [-0.3, -0.25) is 9.59 Å². The second kappa shape index (κ2) is 7.05. The SMILES string of the molecule is CNC(C)(C)C(CC(=O)OCc1ccccc1)C(=O)O. The molecule has 0 aliphatic carbocycles. The molecule has 0 aromatic heterocycles. The van der Waals surface area contributed by atoms with E-state index in [2.05, 4.69) is 5.32 Å². The Morgan fingerprint density at radius 3 is 2.40 bits per heavy atom. The van der Waals surface area contributed by atoms with Crippen molar-refractivity contribution in [2.24, 2.45) is 5.92 Å². The number of nitrogens with one attached hydrogen (secondary N) is 1. The first-order valence-corrected chi connectivity index (χ1v) is 6.48. The topological polar surface area (TPSA) is 75.6 Å². The van der Waals surface area contributed by atoms with Crippen LogP contribution in [0.4, 0.5) is 0 Å². The van der Waals surface area contributed by atoms with Gasteiger partial charge in [0.15, 0.2) is 0 Å². The largest absolute Gasteiger partial charge is 0.481 e. The molecule has 20 heavy (non-hydrogen) atoms. The molecule has 1 rings (SSSR count). The number of esters is 1. The summed E-state index contributed by atoms with van der Waals surface area (Å²) in [6.07, 6.45) is -0.157. The number of hydrogen-bond acceptors (Lipinski definition) is 4. The second-order valence-electron chi connectivity index (χ2n) is 5.21. The van der Waals surface area contributed by atoms with Gasteiger partial charge < -0.3 is 15.2 Å². The molecule has 110 valence electrons. The maximum Gasteiger partial charge on any atom is 0.308 e. The third kappa shape index (κ3) is 4.66. The number of carboxylic acid groups (broad SMARTS) is 1. The van der Waals surface area contributed by atoms with Crippen LogP contribution in [0, 0.1) is 5.92 Å². The summed E-state index contributed by atoms with van der Waals surface area (Å²) in [4.78, 5) is 23.0. The highest BCUT2D eigenvalue weighted by Crippen LogP contribution is 2.21. The van der Waals surface area contributed by atoms with Crippen molar-refractivity contribution < 1.29 is 19.4 Å². The van der Waals surface area contributed by atoms with Crippen LogP contribution in [0.5, 0.6) is 0 Å². The van der Waals surface area contributed by atoms with Crippen LogP contribution in [-0.2, 0) is 20.9 Å². The number of ether oxygens (including phenoxy) is 1. The standard InChI is InChI=1S/C15H21NO4/c1-15(2,16-3)12(14(18)19)9-13(17)20-10-11-7-5-4-6-8-11/h4-8,12,16H,9-10H2,1-3H3,(H,18,19). The van der Waals surface area contributed by atoms with Crippen molar-refractivity contribution in [2.75, 3.05) is 7.05 Å². The van der Waals surface area contributed by atoms with Gasteiger partial charge in [0.2, 0.25) is 0 Å². The summed E-state index contributed by atoms with van der Waals surface area (Å²) in [5, 5.41) is 12.1. The third-order valence-electron chi connectivity index (χ3n) is 3.43. The molecule has 1 unspecified atom stereocenters. The van der Waals surface area contributed by atoms with Gasteiger partial charge in [-0.1, -0.05) is 30.3 Å². The van der Waals surface area contributed by atoms with Gasteiger partial charge in [0.25, 0.3) is 0 Å². The summed E-state index contributed by atoms with van der Waals surface area (Å²) in [6.45, 7) is 3.65. The number of aliphatic carboxylic acids is 1. The molecule has 0 heterocycles. The number of carbonyl (C=O) groups is 2. The van der Waals surface area contributed by atoms with E-state index in [1.165, 1.54) is 0 Å². The molecule has 0 amide bonds. The van der Waals surface area contributed by atoms with Gasteiger partial charge in [-0.05, 0) is 26.5 Å². The van der Waals surface area contributed by atoms with Crippen molar-refractivity contribution in [1.82, 2.24) is 5.32 Å². The van der Waals surface area contributed by atoms with E-state index in [0.29, 0.717) is 0 Å². The number of rotatable bonds is 7. The molecule has 0 fully saturated rings. The average Bonchev–Trinajstić information content (AvgIpc) is 2.43. The first-order valence-electron chi connectivity index (χ1n) is 6.48. The van der Waals surface area contributed by atoms with E-state index >= 15 is 0 Å². The van der Waals surface area contributed by atoms with Crippen molar-refractivity contribution in [3.8, 4) is 0 Å². The predicted molar refractivity (Wildman–Crippen MR) is 75.1 cm³/mol. The summed E-state index contributed by atoms with van der Waals surface area (Å²) in [6, 6.07) is 9.28. The Balaban J connectivity index is 2.57. The van der Waals surface area contributed by atoms with Crippen molar-refractivity contribution in [3.63, 3.8) is 0 Å². The molecule has 0 spiro atoms. The van der Waals surface area contributed by atoms with Crippen LogP contribution < -0.4 is 5.32 Å². The fourth-order valence-corrected chi connectivity index (χ4v) is 1.79. The van der Waals surface area contributed by atoms with E-state index in [0.717, 1.165) is 5.56 Å². The smallest absolute Gasteiger partial charge is 0.308 e. The molecule has 5 heteroatoms. The lowest BCUT2D eigenvalue weighted by Crippen LogP contribution is -2.48. The zero-order valence-electron chi connectivity index (χ0n) is 12.1. The lowest BCUT2D eigenvalue weighted by molar-refractivity contribution is -0.154. The molecule has 1 atom stereocenters. The minimum absolute atomic E-state index is 0.157. The van der Waals surface area contributed by atoms with Gasteiger partial charge in [-0.15, -0.1) is 0 Å². The van der Waals surface area contributed by atoms with Gasteiger partial charge in [0.1, 0.15) is 6.61 Å². The highest BCUT2D eigenvalue weighted by molar-refractivity contribution is 5.79. The Labute approximate surface area is 118 Å². The van der Waals surface area contributed by atoms with Crippen LogP contribution >= 0.6 is 0 Å². The summed E-state index contributed by atoms with van der Waals surface area (Å²) in [5.74, 6) is -2.36.